The van der Waals surface area contributed by atoms with Crippen LogP contribution in [0.4, 0.5) is 0 Å². The number of benzene rings is 2. The van der Waals surface area contributed by atoms with E-state index in [0.29, 0.717) is 31.2 Å². The number of aliphatic hydroxyl groups excluding tert-OH is 1. The second-order valence-electron chi connectivity index (χ2n) is 14.2. The van der Waals surface area contributed by atoms with Crippen LogP contribution >= 0.6 is 0 Å². The molecular weight excluding hydrogens is 646 g/mol. The zero-order valence-electron chi connectivity index (χ0n) is 30.1. The molecule has 2 bridgehead atoms. The number of allylic oxidation sites excluding steroid dienone is 1. The highest BCUT2D eigenvalue weighted by molar-refractivity contribution is 5.98. The van der Waals surface area contributed by atoms with Gasteiger partial charge in [-0.1, -0.05) is 86.2 Å². The Bertz CT molecular complexity index is 1550. The van der Waals surface area contributed by atoms with E-state index in [1.165, 1.54) is 4.90 Å². The number of hydrogen-bond donors (Lipinski definition) is 2. The molecule has 2 aromatic carbocycles. The maximum atomic E-state index is 14.9. The van der Waals surface area contributed by atoms with Crippen LogP contribution in [0.2, 0.25) is 0 Å². The number of nitrogens with zero attached hydrogens (tertiary/aromatic N) is 2. The maximum absolute atomic E-state index is 14.9. The number of esters is 1. The molecule has 10 nitrogen and oxygen atoms in total. The van der Waals surface area contributed by atoms with Gasteiger partial charge >= 0.3 is 5.97 Å². The van der Waals surface area contributed by atoms with Crippen molar-refractivity contribution in [3.63, 3.8) is 0 Å². The van der Waals surface area contributed by atoms with Gasteiger partial charge in [0, 0.05) is 19.0 Å². The van der Waals surface area contributed by atoms with Crippen LogP contribution in [0.5, 0.6) is 0 Å². The molecule has 51 heavy (non-hydrogen) atoms. The summed E-state index contributed by atoms with van der Waals surface area (Å²) < 4.78 is 13.0. The Morgan fingerprint density at radius 1 is 1.10 bits per heavy atom. The number of rotatable bonds is 18. The molecule has 2 N–H and O–H groups in total. The number of fused-ring (bicyclic) bond motifs is 1. The minimum Gasteiger partial charge on any atom is -0.455 e. The van der Waals surface area contributed by atoms with E-state index in [0.717, 1.165) is 18.4 Å². The third-order valence-corrected chi connectivity index (χ3v) is 10.8. The van der Waals surface area contributed by atoms with E-state index in [2.05, 4.69) is 25.4 Å². The smallest absolute Gasteiger partial charge is 0.313 e. The number of amides is 3. The van der Waals surface area contributed by atoms with Crippen molar-refractivity contribution in [1.29, 1.82) is 0 Å². The number of aliphatic hydroxyl groups is 1. The molecule has 0 aromatic heterocycles. The Morgan fingerprint density at radius 3 is 2.41 bits per heavy atom. The number of carbonyl (C=O) groups excluding carboxylic acids is 4. The van der Waals surface area contributed by atoms with Gasteiger partial charge in [0.25, 0.3) is 0 Å². The molecule has 5 rings (SSSR count). The zero-order valence-corrected chi connectivity index (χ0v) is 30.1. The van der Waals surface area contributed by atoms with E-state index in [1.807, 2.05) is 67.6 Å². The second kappa shape index (κ2) is 16.8. The van der Waals surface area contributed by atoms with Gasteiger partial charge in [0.15, 0.2) is 0 Å². The monoisotopic (exact) mass is 699 g/mol. The summed E-state index contributed by atoms with van der Waals surface area (Å²) in [5, 5.41) is 13.8. The highest BCUT2D eigenvalue weighted by atomic mass is 16.6. The van der Waals surface area contributed by atoms with Gasteiger partial charge in [-0.3, -0.25) is 19.2 Å². The van der Waals surface area contributed by atoms with E-state index in [4.69, 9.17) is 9.47 Å². The van der Waals surface area contributed by atoms with E-state index in [1.54, 1.807) is 24.0 Å². The van der Waals surface area contributed by atoms with Crippen molar-refractivity contribution in [2.24, 2.45) is 11.8 Å². The first-order valence-electron chi connectivity index (χ1n) is 18.3. The summed E-state index contributed by atoms with van der Waals surface area (Å²) in [5.41, 5.74) is 0.329. The van der Waals surface area contributed by atoms with Crippen molar-refractivity contribution >= 4 is 23.7 Å². The lowest BCUT2D eigenvalue weighted by atomic mass is 9.70. The summed E-state index contributed by atoms with van der Waals surface area (Å²) in [4.78, 5) is 60.2. The molecule has 3 aliphatic heterocycles. The van der Waals surface area contributed by atoms with Crippen molar-refractivity contribution in [1.82, 2.24) is 15.1 Å². The molecular formula is C41H53N3O7. The van der Waals surface area contributed by atoms with Gasteiger partial charge in [0.05, 0.1) is 36.6 Å². The van der Waals surface area contributed by atoms with Crippen LogP contribution in [-0.2, 0) is 35.1 Å². The minimum absolute atomic E-state index is 0.135. The van der Waals surface area contributed by atoms with Crippen molar-refractivity contribution in [2.45, 2.75) is 108 Å². The average molecular weight is 700 g/mol. The van der Waals surface area contributed by atoms with Gasteiger partial charge in [0.2, 0.25) is 17.7 Å². The number of carbonyl (C=O) groups is 4. The van der Waals surface area contributed by atoms with Crippen LogP contribution in [0.15, 0.2) is 86.0 Å². The lowest BCUT2D eigenvalue weighted by Gasteiger charge is -2.41. The molecule has 3 amide bonds. The quantitative estimate of drug-likeness (QED) is 0.167. The molecule has 3 heterocycles. The van der Waals surface area contributed by atoms with E-state index < -0.39 is 59.6 Å². The summed E-state index contributed by atoms with van der Waals surface area (Å²) in [6, 6.07) is 16.2. The van der Waals surface area contributed by atoms with Crippen LogP contribution in [0.1, 0.15) is 76.5 Å². The summed E-state index contributed by atoms with van der Waals surface area (Å²) >= 11 is 0. The normalized spacial score (nSPS) is 25.7. The molecule has 0 saturated carbocycles. The lowest BCUT2D eigenvalue weighted by Crippen LogP contribution is -2.60. The molecule has 3 saturated heterocycles. The fourth-order valence-electron chi connectivity index (χ4n) is 8.47. The Morgan fingerprint density at radius 2 is 1.78 bits per heavy atom. The molecule has 3 aliphatic rings. The average Bonchev–Trinajstić information content (AvgIpc) is 3.78. The van der Waals surface area contributed by atoms with Crippen LogP contribution < -0.4 is 5.32 Å². The summed E-state index contributed by atoms with van der Waals surface area (Å²) in [6.07, 6.45) is 5.47. The molecule has 0 aliphatic carbocycles. The Hall–Kier alpha value is -4.28. The fourth-order valence-corrected chi connectivity index (χ4v) is 8.47. The highest BCUT2D eigenvalue weighted by Gasteiger charge is 2.75. The predicted molar refractivity (Wildman–Crippen MR) is 194 cm³/mol. The molecule has 3 fully saturated rings. The first-order chi connectivity index (χ1) is 24.6. The number of nitrogens with one attached hydrogen (secondary N) is 1. The molecule has 1 spiro atoms. The van der Waals surface area contributed by atoms with Crippen LogP contribution in [-0.4, -0.2) is 87.6 Å². The molecule has 9 atom stereocenters. The van der Waals surface area contributed by atoms with Gasteiger partial charge in [-0.25, -0.2) is 0 Å². The number of likely N-dealkylation sites (tertiary alicyclic amines) is 1. The summed E-state index contributed by atoms with van der Waals surface area (Å²) in [6.45, 7) is 13.3. The number of ether oxygens (including phenoxy) is 2. The third-order valence-electron chi connectivity index (χ3n) is 10.8. The van der Waals surface area contributed by atoms with Gasteiger partial charge in [-0.2, -0.15) is 0 Å². The van der Waals surface area contributed by atoms with E-state index in [9.17, 15) is 24.3 Å². The summed E-state index contributed by atoms with van der Waals surface area (Å²) in [5.74, 6) is -3.43. The Labute approximate surface area is 301 Å². The third kappa shape index (κ3) is 7.67. The first-order valence-corrected chi connectivity index (χ1v) is 18.3. The Kier molecular flexibility index (Phi) is 12.5. The van der Waals surface area contributed by atoms with Crippen molar-refractivity contribution in [3.05, 3.63) is 97.1 Å². The molecule has 10 heteroatoms. The van der Waals surface area contributed by atoms with Crippen molar-refractivity contribution in [2.75, 3.05) is 13.2 Å². The maximum Gasteiger partial charge on any atom is 0.313 e. The van der Waals surface area contributed by atoms with Crippen molar-refractivity contribution in [3.8, 4) is 0 Å². The van der Waals surface area contributed by atoms with Gasteiger partial charge in [-0.05, 0) is 57.1 Å². The Balaban J connectivity index is 1.51. The van der Waals surface area contributed by atoms with Crippen LogP contribution in [0.25, 0.3) is 0 Å². The lowest BCUT2D eigenvalue weighted by molar-refractivity contribution is -0.162. The predicted octanol–water partition coefficient (Wildman–Crippen LogP) is 4.92. The molecule has 0 radical (unpaired) electrons. The fraction of sp³-hybridized carbons (Fsp3) is 0.512. The standard InChI is InChI=1S/C41H53N3O7/c1-6-9-21-33(46)42-28(5)36(30-19-14-11-15-20-30)50-40(49)34-32-22-23-41(51-32)35(34)38(47)44(31(26-45)25-29-17-12-10-13-18-29)37(41)39(48)43(24-8-3)27(4)16-7-2/h6,8,10-15,17-20,27-28,31-32,34-37,45H,1,3,7,9,16,21-26H2,2,4-5H3,(H,42,46)/t27?,28-,31+,32+,34-,35-,36-,37+,41-/m0/s1. The topological polar surface area (TPSA) is 125 Å². The number of hydrogen-bond acceptors (Lipinski definition) is 7. The molecule has 1 unspecified atom stereocenters. The molecule has 274 valence electrons. The zero-order chi connectivity index (χ0) is 36.7. The SMILES string of the molecule is C=CCCC(=O)N[C@@H](C)[C@H](OC(=O)[C@@H]1[C@H]2C(=O)N([C@@H](CO)Cc3ccccc3)[C@H](C(=O)N(CC=C)C(C)CCC)[C@]23CC[C@H]1O3)c1ccccc1. The van der Waals surface area contributed by atoms with E-state index >= 15 is 0 Å². The minimum atomic E-state index is -1.27. The van der Waals surface area contributed by atoms with Crippen molar-refractivity contribution < 1.29 is 33.8 Å². The van der Waals surface area contributed by atoms with Gasteiger partial charge in [0.1, 0.15) is 17.7 Å². The summed E-state index contributed by atoms with van der Waals surface area (Å²) in [7, 11) is 0. The second-order valence-corrected chi connectivity index (χ2v) is 14.2. The first kappa shape index (κ1) is 38.0. The molecule has 2 aromatic rings. The highest BCUT2D eigenvalue weighted by Crippen LogP contribution is 2.59. The van der Waals surface area contributed by atoms with Gasteiger partial charge in [-0.15, -0.1) is 13.2 Å². The van der Waals surface area contributed by atoms with Crippen LogP contribution in [0.3, 0.4) is 0 Å². The largest absolute Gasteiger partial charge is 0.455 e. The van der Waals surface area contributed by atoms with E-state index in [-0.39, 0.29) is 37.4 Å². The van der Waals surface area contributed by atoms with Crippen LogP contribution in [0, 0.1) is 11.8 Å². The van der Waals surface area contributed by atoms with Gasteiger partial charge < -0.3 is 29.7 Å².